The number of carbonyl (C=O) groups excluding carboxylic acids is 3. The molecule has 1 aliphatic heterocycles. The highest BCUT2D eigenvalue weighted by Crippen LogP contribution is 2.60. The van der Waals surface area contributed by atoms with E-state index in [1.165, 1.54) is 0 Å². The van der Waals surface area contributed by atoms with Gasteiger partial charge in [-0.15, -0.1) is 0 Å². The Bertz CT molecular complexity index is 887. The van der Waals surface area contributed by atoms with Gasteiger partial charge in [-0.1, -0.05) is 6.07 Å². The van der Waals surface area contributed by atoms with Crippen LogP contribution in [0.1, 0.15) is 51.1 Å². The van der Waals surface area contributed by atoms with Crippen molar-refractivity contribution in [1.29, 1.82) is 0 Å². The molecule has 3 amide bonds. The largest absolute Gasteiger partial charge is 0.369 e. The van der Waals surface area contributed by atoms with Crippen molar-refractivity contribution in [2.24, 2.45) is 34.3 Å². The molecule has 1 aromatic heterocycles. The van der Waals surface area contributed by atoms with E-state index in [1.54, 1.807) is 18.0 Å². The van der Waals surface area contributed by atoms with E-state index in [2.05, 4.69) is 10.3 Å². The van der Waals surface area contributed by atoms with Crippen molar-refractivity contribution >= 4 is 17.7 Å². The van der Waals surface area contributed by atoms with Gasteiger partial charge in [0.2, 0.25) is 17.7 Å². The van der Waals surface area contributed by atoms with Crippen LogP contribution in [0, 0.1) is 28.6 Å². The van der Waals surface area contributed by atoms with Crippen molar-refractivity contribution in [3.05, 3.63) is 30.1 Å². The summed E-state index contributed by atoms with van der Waals surface area (Å²) in [6.45, 7) is 2.96. The summed E-state index contributed by atoms with van der Waals surface area (Å²) in [6.07, 6.45) is 7.56. The fraction of sp³-hybridized carbons (Fsp3) is 0.667. The molecule has 4 bridgehead atoms. The fourth-order valence-electron chi connectivity index (χ4n) is 7.01. The van der Waals surface area contributed by atoms with Gasteiger partial charge in [-0.05, 0) is 75.3 Å². The number of primary amides is 1. The number of hydrogen-bond acceptors (Lipinski definition) is 4. The first-order chi connectivity index (χ1) is 14.8. The summed E-state index contributed by atoms with van der Waals surface area (Å²) in [6, 6.07) is 5.83. The number of pyridine rings is 1. The van der Waals surface area contributed by atoms with Crippen molar-refractivity contribution in [3.63, 3.8) is 0 Å². The van der Waals surface area contributed by atoms with Gasteiger partial charge in [0.1, 0.15) is 5.41 Å². The Morgan fingerprint density at radius 3 is 2.61 bits per heavy atom. The van der Waals surface area contributed by atoms with Crippen LogP contribution in [0.2, 0.25) is 0 Å². The third-order valence-electron chi connectivity index (χ3n) is 8.60. The van der Waals surface area contributed by atoms with Crippen LogP contribution in [0.5, 0.6) is 0 Å². The van der Waals surface area contributed by atoms with E-state index >= 15 is 0 Å². The molecule has 166 valence electrons. The van der Waals surface area contributed by atoms with E-state index in [1.807, 2.05) is 18.2 Å². The second kappa shape index (κ2) is 7.31. The maximum atomic E-state index is 13.3. The van der Waals surface area contributed by atoms with Gasteiger partial charge in [-0.2, -0.15) is 0 Å². The van der Waals surface area contributed by atoms with Crippen LogP contribution in [0.25, 0.3) is 0 Å². The predicted octanol–water partition coefficient (Wildman–Crippen LogP) is 1.66. The first kappa shape index (κ1) is 20.5. The second-order valence-electron chi connectivity index (χ2n) is 10.6. The molecule has 0 aromatic carbocycles. The summed E-state index contributed by atoms with van der Waals surface area (Å²) in [4.78, 5) is 44.8. The summed E-state index contributed by atoms with van der Waals surface area (Å²) >= 11 is 0. The topological polar surface area (TPSA) is 105 Å². The van der Waals surface area contributed by atoms with Crippen LogP contribution in [0.3, 0.4) is 0 Å². The van der Waals surface area contributed by atoms with Crippen LogP contribution in [0.4, 0.5) is 0 Å². The number of carbonyl (C=O) groups is 3. The first-order valence-corrected chi connectivity index (χ1v) is 11.6. The first-order valence-electron chi connectivity index (χ1n) is 11.6. The van der Waals surface area contributed by atoms with Gasteiger partial charge < -0.3 is 16.0 Å². The zero-order valence-corrected chi connectivity index (χ0v) is 18.2. The molecule has 31 heavy (non-hydrogen) atoms. The van der Waals surface area contributed by atoms with Crippen molar-refractivity contribution in [2.75, 3.05) is 13.1 Å². The Labute approximate surface area is 183 Å². The zero-order valence-electron chi connectivity index (χ0n) is 18.2. The lowest BCUT2D eigenvalue weighted by atomic mass is 9.47. The summed E-state index contributed by atoms with van der Waals surface area (Å²) in [7, 11) is 0. The molecular weight excluding hydrogens is 392 g/mol. The van der Waals surface area contributed by atoms with Crippen molar-refractivity contribution in [3.8, 4) is 0 Å². The lowest BCUT2D eigenvalue weighted by molar-refractivity contribution is -0.151. The predicted molar refractivity (Wildman–Crippen MR) is 114 cm³/mol. The third-order valence-corrected chi connectivity index (χ3v) is 8.60. The Hall–Kier alpha value is -2.44. The van der Waals surface area contributed by atoms with Crippen LogP contribution >= 0.6 is 0 Å². The number of nitrogens with two attached hydrogens (primary N) is 1. The molecule has 4 aliphatic carbocycles. The van der Waals surface area contributed by atoms with Crippen molar-refractivity contribution in [2.45, 2.75) is 57.9 Å². The molecule has 2 heterocycles. The van der Waals surface area contributed by atoms with Crippen molar-refractivity contribution < 1.29 is 14.4 Å². The second-order valence-corrected chi connectivity index (χ2v) is 10.6. The number of amides is 3. The molecule has 4 saturated carbocycles. The molecule has 1 aromatic rings. The molecule has 5 fully saturated rings. The summed E-state index contributed by atoms with van der Waals surface area (Å²) in [5, 5.41) is 3.27. The SMILES string of the molecule is CC1(C(=O)NC2[C@@H]3CC4C[C@H]2CC(C(N)=O)(C4)C3)CCN(CCc2ccccn2)C1=O. The monoisotopic (exact) mass is 424 g/mol. The van der Waals surface area contributed by atoms with E-state index in [4.69, 9.17) is 5.73 Å². The molecule has 7 nitrogen and oxygen atoms in total. The van der Waals surface area contributed by atoms with E-state index < -0.39 is 5.41 Å². The van der Waals surface area contributed by atoms with Gasteiger partial charge in [-0.3, -0.25) is 19.4 Å². The Balaban J connectivity index is 1.24. The average molecular weight is 425 g/mol. The Kier molecular flexibility index (Phi) is 4.83. The van der Waals surface area contributed by atoms with E-state index in [0.717, 1.165) is 37.8 Å². The van der Waals surface area contributed by atoms with Gasteiger partial charge in [0.25, 0.3) is 0 Å². The maximum Gasteiger partial charge on any atom is 0.238 e. The van der Waals surface area contributed by atoms with Gasteiger partial charge >= 0.3 is 0 Å². The lowest BCUT2D eigenvalue weighted by Crippen LogP contribution is -2.63. The normalized spacial score (nSPS) is 38.5. The zero-order chi connectivity index (χ0) is 21.8. The number of rotatable bonds is 6. The number of aromatic nitrogens is 1. The van der Waals surface area contributed by atoms with Gasteiger partial charge in [-0.25, -0.2) is 0 Å². The maximum absolute atomic E-state index is 13.3. The van der Waals surface area contributed by atoms with Crippen LogP contribution in [-0.2, 0) is 20.8 Å². The molecular formula is C24H32N4O3. The molecule has 1 saturated heterocycles. The number of nitrogens with zero attached hydrogens (tertiary/aromatic N) is 2. The molecule has 0 spiro atoms. The summed E-state index contributed by atoms with van der Waals surface area (Å²) in [5.74, 6) is 0.731. The van der Waals surface area contributed by atoms with Crippen LogP contribution < -0.4 is 11.1 Å². The van der Waals surface area contributed by atoms with E-state index in [9.17, 15) is 14.4 Å². The Morgan fingerprint density at radius 1 is 1.23 bits per heavy atom. The van der Waals surface area contributed by atoms with Gasteiger partial charge in [0.15, 0.2) is 0 Å². The minimum Gasteiger partial charge on any atom is -0.369 e. The van der Waals surface area contributed by atoms with Gasteiger partial charge in [0.05, 0.1) is 0 Å². The highest BCUT2D eigenvalue weighted by Gasteiger charge is 2.59. The molecule has 5 aliphatic rings. The molecule has 6 atom stereocenters. The summed E-state index contributed by atoms with van der Waals surface area (Å²) in [5.41, 5.74) is 5.35. The van der Waals surface area contributed by atoms with Crippen LogP contribution in [0.15, 0.2) is 24.4 Å². The molecule has 4 unspecified atom stereocenters. The molecule has 3 N–H and O–H groups in total. The number of nitrogens with one attached hydrogen (secondary N) is 1. The standard InChI is InChI=1S/C24H32N4O3/c1-23(6-9-28(22(23)31)8-5-18-4-2-3-7-26-18)21(30)27-19-16-10-15-11-17(19)14-24(12-15,13-16)20(25)29/h2-4,7,15-17,19H,5-6,8-14H2,1H3,(H2,25,29)(H,27,30)/t15?,16-,17+,19?,23?,24?. The third kappa shape index (κ3) is 3.33. The smallest absolute Gasteiger partial charge is 0.238 e. The quantitative estimate of drug-likeness (QED) is 0.678. The highest BCUT2D eigenvalue weighted by atomic mass is 16.2. The van der Waals surface area contributed by atoms with E-state index in [0.29, 0.717) is 43.7 Å². The van der Waals surface area contributed by atoms with E-state index in [-0.39, 0.29) is 29.2 Å². The Morgan fingerprint density at radius 2 is 1.97 bits per heavy atom. The minimum absolute atomic E-state index is 0.0590. The fourth-order valence-corrected chi connectivity index (χ4v) is 7.01. The molecule has 6 rings (SSSR count). The number of hydrogen-bond donors (Lipinski definition) is 2. The number of likely N-dealkylation sites (tertiary alicyclic amines) is 1. The highest BCUT2D eigenvalue weighted by molar-refractivity contribution is 6.06. The lowest BCUT2D eigenvalue weighted by Gasteiger charge is -2.59. The van der Waals surface area contributed by atoms with Crippen molar-refractivity contribution in [1.82, 2.24) is 15.2 Å². The molecule has 0 radical (unpaired) electrons. The average Bonchev–Trinajstić information content (AvgIpc) is 3.04. The molecule has 7 heteroatoms. The van der Waals surface area contributed by atoms with Gasteiger partial charge in [0, 0.05) is 42.9 Å². The summed E-state index contributed by atoms with van der Waals surface area (Å²) < 4.78 is 0. The van der Waals surface area contributed by atoms with Crippen LogP contribution in [-0.4, -0.2) is 46.7 Å². The minimum atomic E-state index is -1.01.